The minimum Gasteiger partial charge on any atom is -0.398 e. The molecule has 1 aromatic heterocycles. The van der Waals surface area contributed by atoms with Gasteiger partial charge in [0.1, 0.15) is 6.54 Å². The fraction of sp³-hybridized carbons (Fsp3) is 0.250. The fourth-order valence-corrected chi connectivity index (χ4v) is 2.70. The first kappa shape index (κ1) is 13.4. The monoisotopic (exact) mass is 283 g/mol. The minimum atomic E-state index is -0.220. The van der Waals surface area contributed by atoms with Crippen LogP contribution < -0.4 is 16.2 Å². The van der Waals surface area contributed by atoms with Gasteiger partial charge in [-0.05, 0) is 30.5 Å². The van der Waals surface area contributed by atoms with Crippen LogP contribution in [0.3, 0.4) is 0 Å². The van der Waals surface area contributed by atoms with E-state index in [1.165, 1.54) is 22.4 Å². The Bertz CT molecular complexity index is 736. The Balaban J connectivity index is 1.87. The summed E-state index contributed by atoms with van der Waals surface area (Å²) >= 11 is 0. The summed E-state index contributed by atoms with van der Waals surface area (Å²) in [5.41, 5.74) is 8.06. The number of benzene rings is 1. The molecule has 2 aromatic rings. The number of hydrogen-bond acceptors (Lipinski definition) is 3. The number of rotatable bonds is 2. The van der Waals surface area contributed by atoms with Crippen LogP contribution in [0.25, 0.3) is 0 Å². The van der Waals surface area contributed by atoms with E-state index in [4.69, 9.17) is 5.73 Å². The molecule has 108 valence electrons. The van der Waals surface area contributed by atoms with Crippen LogP contribution >= 0.6 is 0 Å². The third kappa shape index (κ3) is 2.67. The van der Waals surface area contributed by atoms with Crippen LogP contribution in [0.2, 0.25) is 0 Å². The molecule has 0 fully saturated rings. The summed E-state index contributed by atoms with van der Waals surface area (Å²) in [5, 5.41) is 0. The number of nitrogens with zero attached hydrogens (tertiary/aromatic N) is 2. The zero-order valence-corrected chi connectivity index (χ0v) is 11.7. The summed E-state index contributed by atoms with van der Waals surface area (Å²) in [7, 11) is 0. The molecular weight excluding hydrogens is 266 g/mol. The Labute approximate surface area is 122 Å². The lowest BCUT2D eigenvalue weighted by molar-refractivity contribution is -0.119. The standard InChI is InChI=1S/C16H17N3O2/c17-13-7-8-15(20)18(10-13)11-16(21)19-9-3-5-12-4-1-2-6-14(12)19/h1-2,4,6-8,10H,3,5,9,11,17H2. The van der Waals surface area contributed by atoms with Gasteiger partial charge in [0.15, 0.2) is 0 Å². The van der Waals surface area contributed by atoms with Crippen molar-refractivity contribution in [2.24, 2.45) is 0 Å². The van der Waals surface area contributed by atoms with E-state index in [0.29, 0.717) is 12.2 Å². The van der Waals surface area contributed by atoms with Crippen LogP contribution in [0.1, 0.15) is 12.0 Å². The third-order valence-corrected chi connectivity index (χ3v) is 3.72. The van der Waals surface area contributed by atoms with E-state index in [0.717, 1.165) is 18.5 Å². The number of aromatic nitrogens is 1. The molecule has 1 aromatic carbocycles. The van der Waals surface area contributed by atoms with Crippen molar-refractivity contribution in [3.8, 4) is 0 Å². The highest BCUT2D eigenvalue weighted by atomic mass is 16.2. The SMILES string of the molecule is Nc1ccc(=O)n(CC(=O)N2CCCc3ccccc32)c1. The Kier molecular flexibility index (Phi) is 3.48. The molecule has 5 heteroatoms. The number of amides is 1. The molecule has 1 aliphatic heterocycles. The van der Waals surface area contributed by atoms with Crippen molar-refractivity contribution >= 4 is 17.3 Å². The lowest BCUT2D eigenvalue weighted by Crippen LogP contribution is -2.39. The molecule has 0 atom stereocenters. The highest BCUT2D eigenvalue weighted by molar-refractivity contribution is 5.94. The quantitative estimate of drug-likeness (QED) is 0.906. The van der Waals surface area contributed by atoms with Gasteiger partial charge in [-0.15, -0.1) is 0 Å². The second kappa shape index (κ2) is 5.44. The first-order chi connectivity index (χ1) is 10.1. The molecule has 2 N–H and O–H groups in total. The smallest absolute Gasteiger partial charge is 0.251 e. The molecule has 0 saturated carbocycles. The van der Waals surface area contributed by atoms with E-state index < -0.39 is 0 Å². The summed E-state index contributed by atoms with van der Waals surface area (Å²) in [6.07, 6.45) is 3.43. The van der Waals surface area contributed by atoms with Gasteiger partial charge in [-0.3, -0.25) is 9.59 Å². The van der Waals surface area contributed by atoms with Crippen molar-refractivity contribution in [3.05, 3.63) is 58.5 Å². The number of fused-ring (bicyclic) bond motifs is 1. The van der Waals surface area contributed by atoms with E-state index in [-0.39, 0.29) is 18.0 Å². The van der Waals surface area contributed by atoms with Gasteiger partial charge >= 0.3 is 0 Å². The number of nitrogens with two attached hydrogens (primary N) is 1. The summed E-state index contributed by atoms with van der Waals surface area (Å²) in [6, 6.07) is 10.8. The number of nitrogen functional groups attached to an aromatic ring is 1. The Morgan fingerprint density at radius 3 is 2.86 bits per heavy atom. The van der Waals surface area contributed by atoms with E-state index in [1.54, 1.807) is 11.0 Å². The van der Waals surface area contributed by atoms with Gasteiger partial charge in [-0.25, -0.2) is 0 Å². The number of anilines is 2. The second-order valence-corrected chi connectivity index (χ2v) is 5.21. The molecule has 0 spiro atoms. The molecule has 1 amide bonds. The van der Waals surface area contributed by atoms with Crippen molar-refractivity contribution in [1.29, 1.82) is 0 Å². The average Bonchev–Trinajstić information content (AvgIpc) is 2.50. The number of pyridine rings is 1. The van der Waals surface area contributed by atoms with Crippen LogP contribution in [0.5, 0.6) is 0 Å². The van der Waals surface area contributed by atoms with Crippen molar-refractivity contribution in [1.82, 2.24) is 4.57 Å². The van der Waals surface area contributed by atoms with Gasteiger partial charge in [0, 0.05) is 30.2 Å². The largest absolute Gasteiger partial charge is 0.398 e. The molecule has 0 unspecified atom stereocenters. The number of carbonyl (C=O) groups is 1. The van der Waals surface area contributed by atoms with Crippen molar-refractivity contribution in [3.63, 3.8) is 0 Å². The van der Waals surface area contributed by atoms with E-state index in [9.17, 15) is 9.59 Å². The number of para-hydroxylation sites is 1. The maximum atomic E-state index is 12.5. The molecular formula is C16H17N3O2. The fourth-order valence-electron chi connectivity index (χ4n) is 2.70. The van der Waals surface area contributed by atoms with Crippen molar-refractivity contribution < 1.29 is 4.79 Å². The molecule has 1 aliphatic rings. The van der Waals surface area contributed by atoms with Gasteiger partial charge in [-0.2, -0.15) is 0 Å². The zero-order chi connectivity index (χ0) is 14.8. The molecule has 21 heavy (non-hydrogen) atoms. The van der Waals surface area contributed by atoms with E-state index >= 15 is 0 Å². The maximum Gasteiger partial charge on any atom is 0.251 e. The van der Waals surface area contributed by atoms with Gasteiger partial charge in [0.2, 0.25) is 5.91 Å². The number of carbonyl (C=O) groups excluding carboxylic acids is 1. The summed E-state index contributed by atoms with van der Waals surface area (Å²) < 4.78 is 1.36. The summed E-state index contributed by atoms with van der Waals surface area (Å²) in [6.45, 7) is 0.700. The van der Waals surface area contributed by atoms with Crippen LogP contribution in [0.15, 0.2) is 47.4 Å². The predicted molar refractivity (Wildman–Crippen MR) is 82.2 cm³/mol. The van der Waals surface area contributed by atoms with Crippen molar-refractivity contribution in [2.45, 2.75) is 19.4 Å². The van der Waals surface area contributed by atoms with Crippen LogP contribution in [0, 0.1) is 0 Å². The minimum absolute atomic E-state index is 0.0121. The molecule has 0 aliphatic carbocycles. The van der Waals surface area contributed by atoms with Gasteiger partial charge < -0.3 is 15.2 Å². The van der Waals surface area contributed by atoms with Gasteiger partial charge in [0.25, 0.3) is 5.56 Å². The summed E-state index contributed by atoms with van der Waals surface area (Å²) in [5.74, 6) is -0.0881. The Morgan fingerprint density at radius 1 is 1.19 bits per heavy atom. The van der Waals surface area contributed by atoms with Crippen LogP contribution in [-0.4, -0.2) is 17.0 Å². The average molecular weight is 283 g/mol. The first-order valence-corrected chi connectivity index (χ1v) is 6.99. The number of aryl methyl sites for hydroxylation is 1. The topological polar surface area (TPSA) is 68.3 Å². The molecule has 0 bridgehead atoms. The molecule has 0 saturated heterocycles. The van der Waals surface area contributed by atoms with Gasteiger partial charge in [-0.1, -0.05) is 18.2 Å². The highest BCUT2D eigenvalue weighted by Gasteiger charge is 2.22. The lowest BCUT2D eigenvalue weighted by atomic mass is 10.0. The Hall–Kier alpha value is -2.56. The zero-order valence-electron chi connectivity index (χ0n) is 11.7. The van der Waals surface area contributed by atoms with Crippen molar-refractivity contribution in [2.75, 3.05) is 17.2 Å². The van der Waals surface area contributed by atoms with Gasteiger partial charge in [0.05, 0.1) is 0 Å². The normalized spacial score (nSPS) is 13.8. The molecule has 3 rings (SSSR count). The lowest BCUT2D eigenvalue weighted by Gasteiger charge is -2.29. The number of hydrogen-bond donors (Lipinski definition) is 1. The molecule has 0 radical (unpaired) electrons. The first-order valence-electron chi connectivity index (χ1n) is 6.99. The second-order valence-electron chi connectivity index (χ2n) is 5.21. The molecule has 2 heterocycles. The third-order valence-electron chi connectivity index (χ3n) is 3.72. The molecule has 5 nitrogen and oxygen atoms in total. The maximum absolute atomic E-state index is 12.5. The van der Waals surface area contributed by atoms with E-state index in [2.05, 4.69) is 0 Å². The van der Waals surface area contributed by atoms with Crippen LogP contribution in [0.4, 0.5) is 11.4 Å². The van der Waals surface area contributed by atoms with E-state index in [1.807, 2.05) is 24.3 Å². The summed E-state index contributed by atoms with van der Waals surface area (Å²) in [4.78, 5) is 26.0. The van der Waals surface area contributed by atoms with Crippen LogP contribution in [-0.2, 0) is 17.8 Å². The highest BCUT2D eigenvalue weighted by Crippen LogP contribution is 2.26. The predicted octanol–water partition coefficient (Wildman–Crippen LogP) is 1.41. The Morgan fingerprint density at radius 2 is 2.00 bits per heavy atom.